The summed E-state index contributed by atoms with van der Waals surface area (Å²) in [5.74, 6) is 0.231. The normalized spacial score (nSPS) is 18.6. The molecule has 0 aliphatic heterocycles. The molecule has 0 heterocycles. The van der Waals surface area contributed by atoms with Crippen LogP contribution < -0.4 is 5.32 Å². The van der Waals surface area contributed by atoms with Crippen molar-refractivity contribution in [2.75, 3.05) is 13.7 Å². The third-order valence-corrected chi connectivity index (χ3v) is 2.23. The van der Waals surface area contributed by atoms with Gasteiger partial charge in [-0.05, 0) is 12.8 Å². The lowest BCUT2D eigenvalue weighted by molar-refractivity contribution is -0.114. The van der Waals surface area contributed by atoms with E-state index in [2.05, 4.69) is 12.2 Å². The van der Waals surface area contributed by atoms with Gasteiger partial charge in [-0.2, -0.15) is 0 Å². The standard InChI is InChI=1S/C10H17NO2/c1-3-8(7-13-2)11-9-4-5-10(12)6-9/h6,8,11H,3-5,7H2,1-2H3. The summed E-state index contributed by atoms with van der Waals surface area (Å²) in [4.78, 5) is 10.9. The van der Waals surface area contributed by atoms with E-state index in [0.717, 1.165) is 18.5 Å². The van der Waals surface area contributed by atoms with Crippen molar-refractivity contribution < 1.29 is 9.53 Å². The SMILES string of the molecule is CCC(COC)NC1=CC(=O)CC1. The first-order valence-corrected chi connectivity index (χ1v) is 4.75. The summed E-state index contributed by atoms with van der Waals surface area (Å²) in [5.41, 5.74) is 1.06. The van der Waals surface area contributed by atoms with E-state index in [4.69, 9.17) is 4.74 Å². The summed E-state index contributed by atoms with van der Waals surface area (Å²) in [6, 6.07) is 0.335. The van der Waals surface area contributed by atoms with E-state index in [9.17, 15) is 4.79 Å². The first kappa shape index (κ1) is 10.3. The molecule has 0 spiro atoms. The van der Waals surface area contributed by atoms with Gasteiger partial charge in [-0.1, -0.05) is 6.92 Å². The molecule has 1 aliphatic carbocycles. The lowest BCUT2D eigenvalue weighted by atomic mass is 10.2. The zero-order chi connectivity index (χ0) is 9.68. The summed E-state index contributed by atoms with van der Waals surface area (Å²) >= 11 is 0. The van der Waals surface area contributed by atoms with Crippen LogP contribution >= 0.6 is 0 Å². The third kappa shape index (κ3) is 3.19. The molecule has 0 aromatic carbocycles. The van der Waals surface area contributed by atoms with Gasteiger partial charge >= 0.3 is 0 Å². The molecule has 0 radical (unpaired) electrons. The maximum absolute atomic E-state index is 10.9. The van der Waals surface area contributed by atoms with Crippen molar-refractivity contribution >= 4 is 5.78 Å². The quantitative estimate of drug-likeness (QED) is 0.697. The molecule has 3 nitrogen and oxygen atoms in total. The van der Waals surface area contributed by atoms with Crippen LogP contribution in [0, 0.1) is 0 Å². The van der Waals surface area contributed by atoms with Gasteiger partial charge in [-0.25, -0.2) is 0 Å². The zero-order valence-electron chi connectivity index (χ0n) is 8.30. The van der Waals surface area contributed by atoms with E-state index in [0.29, 0.717) is 19.1 Å². The van der Waals surface area contributed by atoms with Crippen molar-refractivity contribution in [3.63, 3.8) is 0 Å². The van der Waals surface area contributed by atoms with Crippen molar-refractivity contribution in [2.24, 2.45) is 0 Å². The largest absolute Gasteiger partial charge is 0.383 e. The predicted octanol–water partition coefficient (Wildman–Crippen LogP) is 1.25. The second-order valence-corrected chi connectivity index (χ2v) is 3.34. The summed E-state index contributed by atoms with van der Waals surface area (Å²) in [7, 11) is 1.69. The number of rotatable bonds is 5. The first-order chi connectivity index (χ1) is 6.26. The van der Waals surface area contributed by atoms with Gasteiger partial charge in [0, 0.05) is 31.3 Å². The third-order valence-electron chi connectivity index (χ3n) is 2.23. The monoisotopic (exact) mass is 183 g/mol. The Morgan fingerprint density at radius 3 is 2.85 bits per heavy atom. The highest BCUT2D eigenvalue weighted by Crippen LogP contribution is 2.13. The van der Waals surface area contributed by atoms with E-state index >= 15 is 0 Å². The van der Waals surface area contributed by atoms with Gasteiger partial charge in [0.15, 0.2) is 5.78 Å². The van der Waals surface area contributed by atoms with Crippen LogP contribution in [0.3, 0.4) is 0 Å². The van der Waals surface area contributed by atoms with Gasteiger partial charge in [-0.15, -0.1) is 0 Å². The number of ether oxygens (including phenoxy) is 1. The van der Waals surface area contributed by atoms with Crippen LogP contribution in [0.25, 0.3) is 0 Å². The van der Waals surface area contributed by atoms with Crippen molar-refractivity contribution in [1.82, 2.24) is 5.32 Å². The maximum atomic E-state index is 10.9. The van der Waals surface area contributed by atoms with Gasteiger partial charge in [-0.3, -0.25) is 4.79 Å². The van der Waals surface area contributed by atoms with Crippen molar-refractivity contribution in [3.05, 3.63) is 11.8 Å². The van der Waals surface area contributed by atoms with Crippen molar-refractivity contribution in [1.29, 1.82) is 0 Å². The number of carbonyl (C=O) groups excluding carboxylic acids is 1. The molecule has 0 amide bonds. The molecule has 74 valence electrons. The average Bonchev–Trinajstić information content (AvgIpc) is 2.50. The molecule has 0 saturated heterocycles. The molecule has 1 atom stereocenters. The Morgan fingerprint density at radius 2 is 2.38 bits per heavy atom. The molecular weight excluding hydrogens is 166 g/mol. The van der Waals surface area contributed by atoms with Crippen LogP contribution in [0.4, 0.5) is 0 Å². The number of nitrogens with one attached hydrogen (secondary N) is 1. The Labute approximate surface area is 79.2 Å². The number of hydrogen-bond donors (Lipinski definition) is 1. The topological polar surface area (TPSA) is 38.3 Å². The summed E-state index contributed by atoms with van der Waals surface area (Å²) in [6.07, 6.45) is 4.24. The van der Waals surface area contributed by atoms with Crippen LogP contribution in [0.15, 0.2) is 11.8 Å². The Hall–Kier alpha value is -0.830. The fourth-order valence-electron chi connectivity index (χ4n) is 1.44. The van der Waals surface area contributed by atoms with Crippen LogP contribution in [-0.4, -0.2) is 25.5 Å². The highest BCUT2D eigenvalue weighted by Gasteiger charge is 2.14. The summed E-state index contributed by atoms with van der Waals surface area (Å²) in [5, 5.41) is 3.31. The van der Waals surface area contributed by atoms with Gasteiger partial charge in [0.1, 0.15) is 0 Å². The number of carbonyl (C=O) groups is 1. The van der Waals surface area contributed by atoms with E-state index < -0.39 is 0 Å². The molecule has 0 bridgehead atoms. The molecular formula is C10H17NO2. The van der Waals surface area contributed by atoms with Gasteiger partial charge in [0.25, 0.3) is 0 Å². The Bertz CT molecular complexity index is 211. The molecule has 0 saturated carbocycles. The summed E-state index contributed by atoms with van der Waals surface area (Å²) in [6.45, 7) is 2.80. The molecule has 13 heavy (non-hydrogen) atoms. The van der Waals surface area contributed by atoms with Crippen LogP contribution in [-0.2, 0) is 9.53 Å². The minimum Gasteiger partial charge on any atom is -0.383 e. The lowest BCUT2D eigenvalue weighted by Crippen LogP contribution is -2.31. The van der Waals surface area contributed by atoms with Crippen molar-refractivity contribution in [3.8, 4) is 0 Å². The van der Waals surface area contributed by atoms with Crippen LogP contribution in [0.1, 0.15) is 26.2 Å². The van der Waals surface area contributed by atoms with E-state index in [1.807, 2.05) is 0 Å². The highest BCUT2D eigenvalue weighted by atomic mass is 16.5. The summed E-state index contributed by atoms with van der Waals surface area (Å²) < 4.78 is 5.06. The van der Waals surface area contributed by atoms with Gasteiger partial charge in [0.05, 0.1) is 6.61 Å². The first-order valence-electron chi connectivity index (χ1n) is 4.75. The molecule has 0 fully saturated rings. The molecule has 3 heteroatoms. The van der Waals surface area contributed by atoms with Crippen molar-refractivity contribution in [2.45, 2.75) is 32.2 Å². The average molecular weight is 183 g/mol. The molecule has 0 aromatic rings. The van der Waals surface area contributed by atoms with E-state index in [1.165, 1.54) is 0 Å². The Balaban J connectivity index is 2.37. The second-order valence-electron chi connectivity index (χ2n) is 3.34. The molecule has 1 unspecified atom stereocenters. The number of allylic oxidation sites excluding steroid dienone is 2. The number of hydrogen-bond acceptors (Lipinski definition) is 3. The fraction of sp³-hybridized carbons (Fsp3) is 0.700. The van der Waals surface area contributed by atoms with Crippen LogP contribution in [0.5, 0.6) is 0 Å². The predicted molar refractivity (Wildman–Crippen MR) is 51.4 cm³/mol. The fourth-order valence-corrected chi connectivity index (χ4v) is 1.44. The number of methoxy groups -OCH3 is 1. The highest BCUT2D eigenvalue weighted by molar-refractivity contribution is 5.92. The Morgan fingerprint density at radius 1 is 1.62 bits per heavy atom. The molecule has 1 rings (SSSR count). The minimum absolute atomic E-state index is 0.231. The maximum Gasteiger partial charge on any atom is 0.157 e. The minimum atomic E-state index is 0.231. The van der Waals surface area contributed by atoms with E-state index in [1.54, 1.807) is 13.2 Å². The lowest BCUT2D eigenvalue weighted by Gasteiger charge is -2.17. The molecule has 1 aliphatic rings. The Kier molecular flexibility index (Phi) is 3.96. The number of ketones is 1. The zero-order valence-corrected chi connectivity index (χ0v) is 8.30. The van der Waals surface area contributed by atoms with Gasteiger partial charge < -0.3 is 10.1 Å². The second kappa shape index (κ2) is 5.02. The van der Waals surface area contributed by atoms with Crippen LogP contribution in [0.2, 0.25) is 0 Å². The molecule has 0 aromatic heterocycles. The molecule has 1 N–H and O–H groups in total. The van der Waals surface area contributed by atoms with Gasteiger partial charge in [0.2, 0.25) is 0 Å². The smallest absolute Gasteiger partial charge is 0.157 e. The van der Waals surface area contributed by atoms with E-state index in [-0.39, 0.29) is 5.78 Å².